The molecule has 2 aromatic heterocycles. The second-order valence-electron chi connectivity index (χ2n) is 6.04. The van der Waals surface area contributed by atoms with Crippen molar-refractivity contribution in [2.24, 2.45) is 4.99 Å². The number of carboxylic acids is 1. The first-order valence-corrected chi connectivity index (χ1v) is 9.09. The van der Waals surface area contributed by atoms with Gasteiger partial charge in [-0.15, -0.1) is 0 Å². The van der Waals surface area contributed by atoms with E-state index < -0.39 is 5.97 Å². The zero-order valence-electron chi connectivity index (χ0n) is 14.2. The number of carbonyl (C=O) groups is 1. The van der Waals surface area contributed by atoms with Gasteiger partial charge in [0.05, 0.1) is 12.2 Å². The van der Waals surface area contributed by atoms with Crippen LogP contribution >= 0.6 is 15.9 Å². The molecule has 5 nitrogen and oxygen atoms in total. The zero-order chi connectivity index (χ0) is 18.8. The van der Waals surface area contributed by atoms with Crippen molar-refractivity contribution in [1.29, 1.82) is 0 Å². The maximum absolute atomic E-state index is 11.0. The van der Waals surface area contributed by atoms with Crippen LogP contribution in [0.15, 0.2) is 80.7 Å². The first-order chi connectivity index (χ1) is 13.1. The fourth-order valence-corrected chi connectivity index (χ4v) is 3.34. The lowest BCUT2D eigenvalue weighted by atomic mass is 10.2. The fraction of sp³-hybridized carbons (Fsp3) is 0.0476. The number of hydrogen-bond donors (Lipinski definition) is 1. The molecule has 27 heavy (non-hydrogen) atoms. The summed E-state index contributed by atoms with van der Waals surface area (Å²) in [4.78, 5) is 15.6. The molecule has 0 saturated carbocycles. The highest BCUT2D eigenvalue weighted by Crippen LogP contribution is 2.23. The van der Waals surface area contributed by atoms with Gasteiger partial charge in [0.25, 0.3) is 0 Å². The molecule has 2 aromatic carbocycles. The van der Waals surface area contributed by atoms with Gasteiger partial charge < -0.3 is 14.1 Å². The Morgan fingerprint density at radius 1 is 1.15 bits per heavy atom. The van der Waals surface area contributed by atoms with Gasteiger partial charge in [0, 0.05) is 33.4 Å². The number of aliphatic imine (C=N–C) groups is 1. The number of nitrogens with zero attached hydrogens (tertiary/aromatic N) is 2. The van der Waals surface area contributed by atoms with Crippen molar-refractivity contribution in [3.8, 4) is 0 Å². The zero-order valence-corrected chi connectivity index (χ0v) is 15.8. The molecule has 0 aliphatic rings. The molecule has 0 radical (unpaired) electrons. The van der Waals surface area contributed by atoms with Crippen LogP contribution in [0.25, 0.3) is 10.9 Å². The molecule has 0 bridgehead atoms. The van der Waals surface area contributed by atoms with Crippen molar-refractivity contribution >= 4 is 44.7 Å². The number of para-hydroxylation sites is 1. The number of rotatable bonds is 5. The Bertz CT molecular complexity index is 1160. The smallest absolute Gasteiger partial charge is 0.371 e. The van der Waals surface area contributed by atoms with Crippen molar-refractivity contribution in [3.63, 3.8) is 0 Å². The lowest BCUT2D eigenvalue weighted by Gasteiger charge is -2.02. The summed E-state index contributed by atoms with van der Waals surface area (Å²) in [7, 11) is 0. The predicted molar refractivity (Wildman–Crippen MR) is 108 cm³/mol. The Kier molecular flexibility index (Phi) is 4.64. The van der Waals surface area contributed by atoms with Crippen LogP contribution in [0.4, 0.5) is 5.69 Å². The first-order valence-electron chi connectivity index (χ1n) is 8.30. The Hall–Kier alpha value is -3.12. The molecule has 0 aliphatic heterocycles. The van der Waals surface area contributed by atoms with E-state index in [0.717, 1.165) is 26.6 Å². The molecular weight excluding hydrogens is 408 g/mol. The Labute approximate surface area is 163 Å². The summed E-state index contributed by atoms with van der Waals surface area (Å²) in [5.41, 5.74) is 2.87. The van der Waals surface area contributed by atoms with Gasteiger partial charge in [0.2, 0.25) is 5.76 Å². The highest BCUT2D eigenvalue weighted by molar-refractivity contribution is 9.10. The summed E-state index contributed by atoms with van der Waals surface area (Å²) in [6.45, 7) is 0.443. The van der Waals surface area contributed by atoms with Gasteiger partial charge in [-0.3, -0.25) is 4.99 Å². The largest absolute Gasteiger partial charge is 0.475 e. The molecular formula is C21H15BrN2O3. The van der Waals surface area contributed by atoms with Gasteiger partial charge in [-0.05, 0) is 36.4 Å². The Morgan fingerprint density at radius 2 is 2.00 bits per heavy atom. The molecule has 0 atom stereocenters. The first kappa shape index (κ1) is 17.3. The van der Waals surface area contributed by atoms with Gasteiger partial charge in [0.1, 0.15) is 5.76 Å². The van der Waals surface area contributed by atoms with Crippen LogP contribution in [0.5, 0.6) is 0 Å². The van der Waals surface area contributed by atoms with E-state index in [2.05, 4.69) is 20.9 Å². The van der Waals surface area contributed by atoms with Crippen LogP contribution in [-0.4, -0.2) is 21.9 Å². The van der Waals surface area contributed by atoms with Crippen molar-refractivity contribution < 1.29 is 14.3 Å². The second-order valence-corrected chi connectivity index (χ2v) is 6.95. The van der Waals surface area contributed by atoms with E-state index in [4.69, 9.17) is 9.52 Å². The van der Waals surface area contributed by atoms with E-state index in [0.29, 0.717) is 12.3 Å². The molecule has 0 spiro atoms. The molecule has 0 fully saturated rings. The lowest BCUT2D eigenvalue weighted by molar-refractivity contribution is 0.0660. The molecule has 4 aromatic rings. The molecule has 4 rings (SSSR count). The van der Waals surface area contributed by atoms with E-state index in [9.17, 15) is 4.79 Å². The average molecular weight is 423 g/mol. The molecule has 0 saturated heterocycles. The number of furan rings is 1. The van der Waals surface area contributed by atoms with Crippen LogP contribution in [-0.2, 0) is 6.54 Å². The van der Waals surface area contributed by atoms with Crippen LogP contribution < -0.4 is 0 Å². The number of hydrogen-bond acceptors (Lipinski definition) is 3. The van der Waals surface area contributed by atoms with Crippen molar-refractivity contribution in [3.05, 3.63) is 88.4 Å². The third kappa shape index (κ3) is 3.71. The third-order valence-electron chi connectivity index (χ3n) is 4.18. The number of aromatic carboxylic acids is 1. The minimum Gasteiger partial charge on any atom is -0.475 e. The SMILES string of the molecule is O=C(O)c1ccc(Cn2cc(C=Nc3cccc(Br)c3)c3ccccc32)o1. The molecule has 6 heteroatoms. The minimum atomic E-state index is -1.07. The number of benzene rings is 2. The Morgan fingerprint density at radius 3 is 2.78 bits per heavy atom. The summed E-state index contributed by atoms with van der Waals surface area (Å²) in [6.07, 6.45) is 3.83. The van der Waals surface area contributed by atoms with E-state index in [1.807, 2.05) is 65.5 Å². The number of halogens is 1. The van der Waals surface area contributed by atoms with Crippen LogP contribution in [0, 0.1) is 0 Å². The van der Waals surface area contributed by atoms with E-state index in [-0.39, 0.29) is 5.76 Å². The number of fused-ring (bicyclic) bond motifs is 1. The van der Waals surface area contributed by atoms with Gasteiger partial charge in [0.15, 0.2) is 0 Å². The quantitative estimate of drug-likeness (QED) is 0.432. The highest BCUT2D eigenvalue weighted by Gasteiger charge is 2.12. The summed E-state index contributed by atoms with van der Waals surface area (Å²) >= 11 is 3.45. The van der Waals surface area contributed by atoms with Crippen LogP contribution in [0.1, 0.15) is 21.9 Å². The maximum Gasteiger partial charge on any atom is 0.371 e. The van der Waals surface area contributed by atoms with Crippen molar-refractivity contribution in [2.75, 3.05) is 0 Å². The van der Waals surface area contributed by atoms with Crippen molar-refractivity contribution in [2.45, 2.75) is 6.54 Å². The van der Waals surface area contributed by atoms with Gasteiger partial charge in [-0.25, -0.2) is 4.79 Å². The fourth-order valence-electron chi connectivity index (χ4n) is 2.96. The molecule has 2 heterocycles. The normalized spacial score (nSPS) is 11.4. The summed E-state index contributed by atoms with van der Waals surface area (Å²) in [5, 5.41) is 10.1. The lowest BCUT2D eigenvalue weighted by Crippen LogP contribution is -1.97. The van der Waals surface area contributed by atoms with Crippen molar-refractivity contribution in [1.82, 2.24) is 4.57 Å². The number of carboxylic acid groups (broad SMARTS) is 1. The predicted octanol–water partition coefficient (Wildman–Crippen LogP) is 5.49. The van der Waals surface area contributed by atoms with Gasteiger partial charge in [-0.2, -0.15) is 0 Å². The summed E-state index contributed by atoms with van der Waals surface area (Å²) in [5.74, 6) is -0.540. The Balaban J connectivity index is 1.69. The molecule has 0 aliphatic carbocycles. The maximum atomic E-state index is 11.0. The highest BCUT2D eigenvalue weighted by atomic mass is 79.9. The molecule has 134 valence electrons. The minimum absolute atomic E-state index is 0.0575. The van der Waals surface area contributed by atoms with E-state index in [1.54, 1.807) is 6.07 Å². The van der Waals surface area contributed by atoms with E-state index in [1.165, 1.54) is 6.07 Å². The van der Waals surface area contributed by atoms with Gasteiger partial charge >= 0.3 is 5.97 Å². The monoisotopic (exact) mass is 422 g/mol. The van der Waals surface area contributed by atoms with Crippen LogP contribution in [0.2, 0.25) is 0 Å². The summed E-state index contributed by atoms with van der Waals surface area (Å²) < 4.78 is 8.40. The van der Waals surface area contributed by atoms with Gasteiger partial charge in [-0.1, -0.05) is 40.2 Å². The second kappa shape index (κ2) is 7.25. The standard InChI is InChI=1S/C21H15BrN2O3/c22-15-4-3-5-16(10-15)23-11-14-12-24(19-7-2-1-6-18(14)19)13-17-8-9-20(27-17)21(25)26/h1-12H,13H2,(H,25,26). The van der Waals surface area contributed by atoms with Crippen LogP contribution in [0.3, 0.4) is 0 Å². The third-order valence-corrected chi connectivity index (χ3v) is 4.67. The topological polar surface area (TPSA) is 67.7 Å². The summed E-state index contributed by atoms with van der Waals surface area (Å²) in [6, 6.07) is 19.0. The molecule has 0 amide bonds. The number of aromatic nitrogens is 1. The average Bonchev–Trinajstić information content (AvgIpc) is 3.26. The van der Waals surface area contributed by atoms with E-state index >= 15 is 0 Å². The molecule has 1 N–H and O–H groups in total. The molecule has 0 unspecified atom stereocenters.